The number of carbonyl (C=O) groups is 1. The topological polar surface area (TPSA) is 59.2 Å². The van der Waals surface area contributed by atoms with Gasteiger partial charge in [0.25, 0.3) is 0 Å². The number of rotatable bonds is 4. The Labute approximate surface area is 129 Å². The quantitative estimate of drug-likeness (QED) is 0.687. The van der Waals surface area contributed by atoms with E-state index in [-0.39, 0.29) is 22.6 Å². The Morgan fingerprint density at radius 3 is 2.76 bits per heavy atom. The van der Waals surface area contributed by atoms with Crippen LogP contribution < -0.4 is 5.43 Å². The lowest BCUT2D eigenvalue weighted by molar-refractivity contribution is 0.0520. The fraction of sp³-hybridized carbons (Fsp3) is 0.286. The van der Waals surface area contributed by atoms with Gasteiger partial charge in [0.05, 0.1) is 22.2 Å². The highest BCUT2D eigenvalue weighted by Crippen LogP contribution is 2.25. The van der Waals surface area contributed by atoms with Gasteiger partial charge in [0, 0.05) is 5.39 Å². The minimum absolute atomic E-state index is 0.0698. The minimum Gasteiger partial charge on any atom is -0.462 e. The van der Waals surface area contributed by atoms with E-state index in [1.165, 1.54) is 17.8 Å². The average Bonchev–Trinajstić information content (AvgIpc) is 2.42. The van der Waals surface area contributed by atoms with Crippen LogP contribution in [0.2, 0.25) is 5.02 Å². The zero-order valence-electron chi connectivity index (χ0n) is 11.5. The summed E-state index contributed by atoms with van der Waals surface area (Å²) in [6.07, 6.45) is 0. The number of carbonyl (C=O) groups excluding carboxylic acids is 1. The number of thioether (sulfide) groups is 1. The molecule has 1 aromatic carbocycles. The molecule has 21 heavy (non-hydrogen) atoms. The van der Waals surface area contributed by atoms with E-state index in [0.29, 0.717) is 16.3 Å². The summed E-state index contributed by atoms with van der Waals surface area (Å²) in [5, 5.41) is 0.381. The van der Waals surface area contributed by atoms with Gasteiger partial charge in [-0.2, -0.15) is 0 Å². The zero-order valence-corrected chi connectivity index (χ0v) is 13.0. The van der Waals surface area contributed by atoms with Crippen LogP contribution in [0.5, 0.6) is 0 Å². The molecule has 0 fully saturated rings. The maximum atomic E-state index is 13.6. The van der Waals surface area contributed by atoms with Gasteiger partial charge in [-0.1, -0.05) is 18.5 Å². The minimum atomic E-state index is -0.716. The molecule has 1 heterocycles. The number of esters is 1. The Balaban J connectivity index is 2.78. The number of pyridine rings is 1. The maximum absolute atomic E-state index is 13.6. The Bertz CT molecular complexity index is 760. The Kier molecular flexibility index (Phi) is 4.90. The molecule has 2 rings (SSSR count). The van der Waals surface area contributed by atoms with Crippen LogP contribution >= 0.6 is 23.4 Å². The van der Waals surface area contributed by atoms with Crippen molar-refractivity contribution in [3.8, 4) is 0 Å². The number of aromatic amines is 1. The lowest BCUT2D eigenvalue weighted by Gasteiger charge is -2.10. The first-order valence-electron chi connectivity index (χ1n) is 6.34. The van der Waals surface area contributed by atoms with Gasteiger partial charge in [0.2, 0.25) is 5.43 Å². The number of ether oxygens (including phenoxy) is 1. The summed E-state index contributed by atoms with van der Waals surface area (Å²) in [4.78, 5) is 27.4. The standard InChI is InChI=1S/C14H13ClFNO3S/c1-3-20-14(19)11-12(18)7-5-9(16)8(15)6-10(7)17-13(11)21-4-2/h5-6H,3-4H2,1-2H3,(H,17,18). The summed E-state index contributed by atoms with van der Waals surface area (Å²) in [6.45, 7) is 3.69. The van der Waals surface area contributed by atoms with Gasteiger partial charge in [-0.3, -0.25) is 4.79 Å². The van der Waals surface area contributed by atoms with E-state index in [1.807, 2.05) is 6.92 Å². The van der Waals surface area contributed by atoms with Gasteiger partial charge in [0.1, 0.15) is 11.4 Å². The van der Waals surface area contributed by atoms with Crippen LogP contribution in [0.4, 0.5) is 4.39 Å². The van der Waals surface area contributed by atoms with Crippen LogP contribution in [0, 0.1) is 5.82 Å². The third kappa shape index (κ3) is 3.06. The van der Waals surface area contributed by atoms with Gasteiger partial charge in [-0.15, -0.1) is 11.8 Å². The van der Waals surface area contributed by atoms with Crippen molar-refractivity contribution in [3.63, 3.8) is 0 Å². The third-order valence-corrected chi connectivity index (χ3v) is 3.95. The zero-order chi connectivity index (χ0) is 15.6. The van der Waals surface area contributed by atoms with E-state index in [1.54, 1.807) is 6.92 Å². The molecule has 0 aliphatic rings. The smallest absolute Gasteiger partial charge is 0.344 e. The lowest BCUT2D eigenvalue weighted by atomic mass is 10.1. The van der Waals surface area contributed by atoms with E-state index in [0.717, 1.165) is 6.07 Å². The first-order chi connectivity index (χ1) is 9.99. The van der Waals surface area contributed by atoms with Crippen molar-refractivity contribution < 1.29 is 13.9 Å². The van der Waals surface area contributed by atoms with Crippen LogP contribution in [0.15, 0.2) is 22.0 Å². The molecule has 0 saturated carbocycles. The molecule has 1 aromatic heterocycles. The Morgan fingerprint density at radius 1 is 1.43 bits per heavy atom. The second-order valence-electron chi connectivity index (χ2n) is 4.12. The molecule has 1 N–H and O–H groups in total. The molecule has 0 amide bonds. The number of fused-ring (bicyclic) bond motifs is 1. The predicted octanol–water partition coefficient (Wildman–Crippen LogP) is 3.61. The van der Waals surface area contributed by atoms with Crippen molar-refractivity contribution in [1.82, 2.24) is 4.98 Å². The number of hydrogen-bond acceptors (Lipinski definition) is 4. The fourth-order valence-corrected chi connectivity index (χ4v) is 2.86. The summed E-state index contributed by atoms with van der Waals surface area (Å²) < 4.78 is 18.5. The number of benzene rings is 1. The molecular formula is C14H13ClFNO3S. The molecule has 0 radical (unpaired) electrons. The molecule has 112 valence electrons. The van der Waals surface area contributed by atoms with Crippen LogP contribution in [0.25, 0.3) is 10.9 Å². The number of aromatic nitrogens is 1. The van der Waals surface area contributed by atoms with Crippen molar-refractivity contribution in [2.75, 3.05) is 12.4 Å². The molecular weight excluding hydrogens is 317 g/mol. The van der Waals surface area contributed by atoms with E-state index >= 15 is 0 Å². The summed E-state index contributed by atoms with van der Waals surface area (Å²) in [5.74, 6) is -0.768. The second kappa shape index (κ2) is 6.49. The van der Waals surface area contributed by atoms with Gasteiger partial charge < -0.3 is 9.72 Å². The fourth-order valence-electron chi connectivity index (χ4n) is 1.90. The first kappa shape index (κ1) is 15.9. The normalized spacial score (nSPS) is 10.9. The Hall–Kier alpha value is -1.53. The number of H-pyrrole nitrogens is 1. The maximum Gasteiger partial charge on any atom is 0.344 e. The monoisotopic (exact) mass is 329 g/mol. The van der Waals surface area contributed by atoms with Gasteiger partial charge >= 0.3 is 5.97 Å². The van der Waals surface area contributed by atoms with Gasteiger partial charge in [0.15, 0.2) is 0 Å². The van der Waals surface area contributed by atoms with Crippen molar-refractivity contribution in [2.24, 2.45) is 0 Å². The number of hydrogen-bond donors (Lipinski definition) is 1. The SMILES string of the molecule is CCOC(=O)c1c(SCC)[nH]c2cc(Cl)c(F)cc2c1=O. The molecule has 2 aromatic rings. The van der Waals surface area contributed by atoms with E-state index in [4.69, 9.17) is 16.3 Å². The van der Waals surface area contributed by atoms with Crippen LogP contribution in [0.3, 0.4) is 0 Å². The predicted molar refractivity (Wildman–Crippen MR) is 81.9 cm³/mol. The molecule has 0 aliphatic heterocycles. The molecule has 0 saturated heterocycles. The van der Waals surface area contributed by atoms with E-state index < -0.39 is 17.2 Å². The van der Waals surface area contributed by atoms with Crippen molar-refractivity contribution in [2.45, 2.75) is 18.9 Å². The third-order valence-electron chi connectivity index (χ3n) is 2.78. The molecule has 0 atom stereocenters. The molecule has 4 nitrogen and oxygen atoms in total. The first-order valence-corrected chi connectivity index (χ1v) is 7.70. The molecule has 0 aliphatic carbocycles. The van der Waals surface area contributed by atoms with Crippen LogP contribution in [0.1, 0.15) is 24.2 Å². The summed E-state index contributed by atoms with van der Waals surface area (Å²) in [7, 11) is 0. The van der Waals surface area contributed by atoms with Crippen molar-refractivity contribution in [1.29, 1.82) is 0 Å². The number of nitrogens with one attached hydrogen (secondary N) is 1. The van der Waals surface area contributed by atoms with Crippen molar-refractivity contribution in [3.05, 3.63) is 38.8 Å². The Morgan fingerprint density at radius 2 is 2.14 bits per heavy atom. The summed E-state index contributed by atoms with van der Waals surface area (Å²) >= 11 is 7.03. The van der Waals surface area contributed by atoms with Gasteiger partial charge in [-0.05, 0) is 24.8 Å². The van der Waals surface area contributed by atoms with Crippen molar-refractivity contribution >= 4 is 40.2 Å². The highest BCUT2D eigenvalue weighted by Gasteiger charge is 2.21. The summed E-state index contributed by atoms with van der Waals surface area (Å²) in [5.41, 5.74) is -0.276. The van der Waals surface area contributed by atoms with E-state index in [2.05, 4.69) is 4.98 Å². The van der Waals surface area contributed by atoms with Gasteiger partial charge in [-0.25, -0.2) is 9.18 Å². The second-order valence-corrected chi connectivity index (χ2v) is 5.81. The van der Waals surface area contributed by atoms with Crippen LogP contribution in [-0.4, -0.2) is 23.3 Å². The average molecular weight is 330 g/mol. The van der Waals surface area contributed by atoms with Crippen LogP contribution in [-0.2, 0) is 4.74 Å². The molecule has 7 heteroatoms. The highest BCUT2D eigenvalue weighted by atomic mass is 35.5. The van der Waals surface area contributed by atoms with E-state index in [9.17, 15) is 14.0 Å². The molecule has 0 bridgehead atoms. The number of halogens is 2. The largest absolute Gasteiger partial charge is 0.462 e. The highest BCUT2D eigenvalue weighted by molar-refractivity contribution is 7.99. The molecule has 0 unspecified atom stereocenters. The summed E-state index contributed by atoms with van der Waals surface area (Å²) in [6, 6.07) is 2.36. The lowest BCUT2D eigenvalue weighted by Crippen LogP contribution is -2.20. The molecule has 0 spiro atoms.